The second-order valence-electron chi connectivity index (χ2n) is 8.08. The molecule has 1 atom stereocenters. The summed E-state index contributed by atoms with van der Waals surface area (Å²) >= 11 is 0. The first-order chi connectivity index (χ1) is 15.0. The van der Waals surface area contributed by atoms with Gasteiger partial charge in [0.25, 0.3) is 0 Å². The fourth-order valence-electron chi connectivity index (χ4n) is 3.15. The molecule has 1 heterocycles. The number of rotatable bonds is 10. The molecule has 0 radical (unpaired) electrons. The normalized spacial score (nSPS) is 12.2. The number of hydrogen-bond acceptors (Lipinski definition) is 5. The van der Waals surface area contributed by atoms with E-state index in [1.807, 2.05) is 20.8 Å². The molecule has 0 aliphatic carbocycles. The van der Waals surface area contributed by atoms with Gasteiger partial charge >= 0.3 is 5.97 Å². The molecular formula is C22H28F2N4O4. The number of carbonyl (C=O) groups is 3. The van der Waals surface area contributed by atoms with Gasteiger partial charge in [0.1, 0.15) is 17.7 Å². The Hall–Kier alpha value is -3.30. The van der Waals surface area contributed by atoms with Crippen molar-refractivity contribution >= 4 is 23.6 Å². The Morgan fingerprint density at radius 2 is 1.84 bits per heavy atom. The van der Waals surface area contributed by atoms with Crippen LogP contribution in [0.25, 0.3) is 0 Å². The number of nitrogens with zero attached hydrogens (tertiary/aromatic N) is 2. The van der Waals surface area contributed by atoms with E-state index in [0.29, 0.717) is 12.8 Å². The van der Waals surface area contributed by atoms with Crippen LogP contribution in [0.5, 0.6) is 0 Å². The van der Waals surface area contributed by atoms with E-state index in [0.717, 1.165) is 18.2 Å². The summed E-state index contributed by atoms with van der Waals surface area (Å²) in [5, 5.41) is 5.26. The van der Waals surface area contributed by atoms with Crippen molar-refractivity contribution in [1.29, 1.82) is 0 Å². The second-order valence-corrected chi connectivity index (χ2v) is 8.08. The number of aromatic nitrogens is 2. The van der Waals surface area contributed by atoms with Crippen molar-refractivity contribution in [3.63, 3.8) is 0 Å². The molecule has 0 aliphatic heterocycles. The lowest BCUT2D eigenvalue weighted by Crippen LogP contribution is -2.44. The molecule has 2 amide bonds. The highest BCUT2D eigenvalue weighted by Gasteiger charge is 2.26. The molecule has 32 heavy (non-hydrogen) atoms. The molecule has 2 aromatic rings. The maximum atomic E-state index is 13.3. The van der Waals surface area contributed by atoms with Gasteiger partial charge in [0.15, 0.2) is 5.82 Å². The number of nitrogens with one attached hydrogen (secondary N) is 2. The number of imidazole rings is 1. The molecule has 10 heteroatoms. The van der Waals surface area contributed by atoms with Gasteiger partial charge in [-0.3, -0.25) is 14.4 Å². The lowest BCUT2D eigenvalue weighted by molar-refractivity contribution is -0.142. The summed E-state index contributed by atoms with van der Waals surface area (Å²) in [6, 6.07) is 2.01. The highest BCUT2D eigenvalue weighted by molar-refractivity contribution is 5.96. The Morgan fingerprint density at radius 1 is 1.19 bits per heavy atom. The molecule has 8 nitrogen and oxygen atoms in total. The van der Waals surface area contributed by atoms with E-state index in [-0.39, 0.29) is 30.2 Å². The van der Waals surface area contributed by atoms with Gasteiger partial charge < -0.3 is 19.9 Å². The molecule has 2 N–H and O–H groups in total. The minimum atomic E-state index is -0.848. The third kappa shape index (κ3) is 7.14. The number of halogens is 2. The number of hydrogen-bond donors (Lipinski definition) is 2. The number of carbonyl (C=O) groups excluding carboxylic acids is 3. The average molecular weight is 450 g/mol. The standard InChI is InChI=1S/C22H28F2N4O4/c1-5-6-17(26-19(29)9-14-7-15(23)10-16(24)8-14)21(31)27-18-12-28(13-25-18)22(2,3)11-20(30)32-4/h7-8,10,12-13,17H,5-6,9,11H2,1-4H3,(H,26,29)(H,27,31)/t17-/m0/s1. The van der Waals surface area contributed by atoms with Gasteiger partial charge in [0, 0.05) is 12.3 Å². The summed E-state index contributed by atoms with van der Waals surface area (Å²) in [6.45, 7) is 5.51. The molecular weight excluding hydrogens is 422 g/mol. The highest BCUT2D eigenvalue weighted by atomic mass is 19.1. The number of ether oxygens (including phenoxy) is 1. The molecule has 0 unspecified atom stereocenters. The molecule has 0 aliphatic rings. The third-order valence-electron chi connectivity index (χ3n) is 4.85. The molecule has 0 bridgehead atoms. The number of anilines is 1. The van der Waals surface area contributed by atoms with Crippen LogP contribution in [0.3, 0.4) is 0 Å². The Labute approximate surface area is 185 Å². The van der Waals surface area contributed by atoms with Crippen LogP contribution in [-0.2, 0) is 31.1 Å². The van der Waals surface area contributed by atoms with Gasteiger partial charge in [-0.25, -0.2) is 13.8 Å². The predicted molar refractivity (Wildman–Crippen MR) is 114 cm³/mol. The first kappa shape index (κ1) is 25.0. The topological polar surface area (TPSA) is 102 Å². The lowest BCUT2D eigenvalue weighted by atomic mass is 10.0. The Balaban J connectivity index is 2.03. The van der Waals surface area contributed by atoms with E-state index in [9.17, 15) is 23.2 Å². The van der Waals surface area contributed by atoms with Gasteiger partial charge in [0.05, 0.1) is 31.8 Å². The fourth-order valence-corrected chi connectivity index (χ4v) is 3.15. The largest absolute Gasteiger partial charge is 0.469 e. The van der Waals surface area contributed by atoms with Crippen molar-refractivity contribution in [2.75, 3.05) is 12.4 Å². The Morgan fingerprint density at radius 3 is 2.44 bits per heavy atom. The number of benzene rings is 1. The first-order valence-electron chi connectivity index (χ1n) is 10.2. The molecule has 174 valence electrons. The predicted octanol–water partition coefficient (Wildman–Crippen LogP) is 2.93. The zero-order valence-corrected chi connectivity index (χ0v) is 18.6. The van der Waals surface area contributed by atoms with E-state index in [4.69, 9.17) is 4.74 Å². The summed E-state index contributed by atoms with van der Waals surface area (Å²) in [4.78, 5) is 40.8. The molecule has 0 saturated carbocycles. The van der Waals surface area contributed by atoms with Crippen molar-refractivity contribution in [3.05, 3.63) is 47.9 Å². The molecule has 0 fully saturated rings. The zero-order valence-electron chi connectivity index (χ0n) is 18.6. The highest BCUT2D eigenvalue weighted by Crippen LogP contribution is 2.22. The minimum Gasteiger partial charge on any atom is -0.469 e. The van der Waals surface area contributed by atoms with Crippen molar-refractivity contribution in [1.82, 2.24) is 14.9 Å². The van der Waals surface area contributed by atoms with Gasteiger partial charge in [-0.05, 0) is 38.0 Å². The molecule has 1 aromatic heterocycles. The zero-order chi connectivity index (χ0) is 23.9. The third-order valence-corrected chi connectivity index (χ3v) is 4.85. The maximum Gasteiger partial charge on any atom is 0.307 e. The van der Waals surface area contributed by atoms with Crippen molar-refractivity contribution in [2.45, 2.75) is 58.0 Å². The fraction of sp³-hybridized carbons (Fsp3) is 0.455. The van der Waals surface area contributed by atoms with Crippen LogP contribution in [0.1, 0.15) is 45.6 Å². The average Bonchev–Trinajstić information content (AvgIpc) is 3.15. The van der Waals surface area contributed by atoms with Crippen LogP contribution in [0, 0.1) is 11.6 Å². The quantitative estimate of drug-likeness (QED) is 0.542. The molecule has 0 spiro atoms. The van der Waals surface area contributed by atoms with Crippen molar-refractivity contribution in [2.24, 2.45) is 0 Å². The van der Waals surface area contributed by atoms with Crippen LogP contribution in [0.2, 0.25) is 0 Å². The summed E-state index contributed by atoms with van der Waals surface area (Å²) in [6.07, 6.45) is 3.91. The lowest BCUT2D eigenvalue weighted by Gasteiger charge is -2.24. The smallest absolute Gasteiger partial charge is 0.307 e. The second kappa shape index (κ2) is 10.8. The summed E-state index contributed by atoms with van der Waals surface area (Å²) < 4.78 is 33.1. The minimum absolute atomic E-state index is 0.114. The van der Waals surface area contributed by atoms with E-state index in [1.165, 1.54) is 13.4 Å². The number of methoxy groups -OCH3 is 1. The van der Waals surface area contributed by atoms with Crippen LogP contribution in [0.4, 0.5) is 14.6 Å². The van der Waals surface area contributed by atoms with Crippen LogP contribution in [-0.4, -0.2) is 40.5 Å². The van der Waals surface area contributed by atoms with Crippen molar-refractivity contribution in [3.8, 4) is 0 Å². The van der Waals surface area contributed by atoms with Crippen LogP contribution < -0.4 is 10.6 Å². The molecule has 0 saturated heterocycles. The first-order valence-corrected chi connectivity index (χ1v) is 10.2. The Kier molecular flexibility index (Phi) is 8.45. The van der Waals surface area contributed by atoms with Gasteiger partial charge in [-0.15, -0.1) is 0 Å². The summed E-state index contributed by atoms with van der Waals surface area (Å²) in [5.41, 5.74) is -0.456. The monoisotopic (exact) mass is 450 g/mol. The van der Waals surface area contributed by atoms with Crippen LogP contribution >= 0.6 is 0 Å². The van der Waals surface area contributed by atoms with E-state index in [1.54, 1.807) is 10.8 Å². The number of esters is 1. The maximum absolute atomic E-state index is 13.3. The SMILES string of the molecule is CCC[C@H](NC(=O)Cc1cc(F)cc(F)c1)C(=O)Nc1cn(C(C)(C)CC(=O)OC)cn1. The van der Waals surface area contributed by atoms with E-state index >= 15 is 0 Å². The van der Waals surface area contributed by atoms with Gasteiger partial charge in [-0.2, -0.15) is 0 Å². The van der Waals surface area contributed by atoms with Crippen molar-refractivity contribution < 1.29 is 27.9 Å². The van der Waals surface area contributed by atoms with Gasteiger partial charge in [-0.1, -0.05) is 13.3 Å². The number of amides is 2. The summed E-state index contributed by atoms with van der Waals surface area (Å²) in [5.74, 6) is -2.67. The van der Waals surface area contributed by atoms with Crippen LogP contribution in [0.15, 0.2) is 30.7 Å². The van der Waals surface area contributed by atoms with E-state index in [2.05, 4.69) is 15.6 Å². The van der Waals surface area contributed by atoms with E-state index < -0.39 is 35.0 Å². The molecule has 1 aromatic carbocycles. The molecule has 2 rings (SSSR count). The summed E-state index contributed by atoms with van der Waals surface area (Å²) in [7, 11) is 1.31. The Bertz CT molecular complexity index is 954. The van der Waals surface area contributed by atoms with Gasteiger partial charge in [0.2, 0.25) is 11.8 Å².